The third kappa shape index (κ3) is 3.85. The lowest BCUT2D eigenvalue weighted by Gasteiger charge is -2.07. The van der Waals surface area contributed by atoms with Crippen LogP contribution in [0.5, 0.6) is 5.75 Å². The van der Waals surface area contributed by atoms with Gasteiger partial charge < -0.3 is 14.0 Å². The molecule has 148 valence electrons. The molecule has 0 bridgehead atoms. The van der Waals surface area contributed by atoms with Gasteiger partial charge in [0.1, 0.15) is 5.75 Å². The summed E-state index contributed by atoms with van der Waals surface area (Å²) in [6.07, 6.45) is 1.58. The van der Waals surface area contributed by atoms with E-state index in [0.717, 1.165) is 10.0 Å². The van der Waals surface area contributed by atoms with E-state index < -0.39 is 11.2 Å². The van der Waals surface area contributed by atoms with E-state index >= 15 is 0 Å². The number of halogens is 1. The zero-order chi connectivity index (χ0) is 20.3. The average Bonchev–Trinajstić information content (AvgIpc) is 3.04. The van der Waals surface area contributed by atoms with Crippen molar-refractivity contribution in [3.63, 3.8) is 0 Å². The van der Waals surface area contributed by atoms with E-state index in [-0.39, 0.29) is 11.2 Å². The van der Waals surface area contributed by atoms with E-state index in [4.69, 9.17) is 9.47 Å². The maximum Gasteiger partial charge on any atom is 0.329 e. The number of methoxy groups -OCH3 is 2. The molecule has 0 aliphatic carbocycles. The third-order valence-electron chi connectivity index (χ3n) is 4.09. The molecule has 0 amide bonds. The highest BCUT2D eigenvalue weighted by atomic mass is 79.9. The zero-order valence-electron chi connectivity index (χ0n) is 15.5. The largest absolute Gasteiger partial charge is 0.496 e. The smallest absolute Gasteiger partial charge is 0.329 e. The van der Waals surface area contributed by atoms with Crippen LogP contribution in [0.1, 0.15) is 5.56 Å². The fourth-order valence-electron chi connectivity index (χ4n) is 2.69. The number of nitrogens with one attached hydrogen (secondary N) is 2. The number of hydrazone groups is 1. The van der Waals surface area contributed by atoms with Crippen LogP contribution in [-0.4, -0.2) is 46.1 Å². The van der Waals surface area contributed by atoms with Gasteiger partial charge >= 0.3 is 5.69 Å². The van der Waals surface area contributed by atoms with Gasteiger partial charge in [-0.25, -0.2) is 10.2 Å². The van der Waals surface area contributed by atoms with Crippen molar-refractivity contribution in [3.8, 4) is 5.75 Å². The summed E-state index contributed by atoms with van der Waals surface area (Å²) in [5.41, 5.74) is 3.03. The molecule has 2 aromatic heterocycles. The molecule has 0 unspecified atom stereocenters. The number of ether oxygens (including phenoxy) is 2. The molecule has 0 atom stereocenters. The minimum Gasteiger partial charge on any atom is -0.496 e. The first-order valence-corrected chi connectivity index (χ1v) is 9.06. The standard InChI is InChI=1S/C17H19BrN6O4/c1-23-14-13(15(25)21-17(23)26)24(6-7-27-2)16(20-14)22-19-9-10-8-11(18)4-5-12(10)28-3/h4-5,8-9H,6-7H2,1-3H3,(H,20,22)(H,21,25,26)/b19-9+. The van der Waals surface area contributed by atoms with E-state index in [1.165, 1.54) is 11.6 Å². The number of anilines is 1. The number of imidazole rings is 1. The highest BCUT2D eigenvalue weighted by molar-refractivity contribution is 9.10. The summed E-state index contributed by atoms with van der Waals surface area (Å²) >= 11 is 3.41. The Balaban J connectivity index is 2.02. The van der Waals surface area contributed by atoms with Gasteiger partial charge in [0, 0.05) is 30.7 Å². The predicted molar refractivity (Wildman–Crippen MR) is 109 cm³/mol. The third-order valence-corrected chi connectivity index (χ3v) is 4.58. The van der Waals surface area contributed by atoms with Crippen LogP contribution in [0.3, 0.4) is 0 Å². The quantitative estimate of drug-likeness (QED) is 0.413. The van der Waals surface area contributed by atoms with Crippen molar-refractivity contribution in [1.82, 2.24) is 19.1 Å². The first kappa shape index (κ1) is 19.8. The molecular weight excluding hydrogens is 432 g/mol. The molecule has 3 aromatic rings. The van der Waals surface area contributed by atoms with Crippen molar-refractivity contribution < 1.29 is 9.47 Å². The second-order valence-corrected chi connectivity index (χ2v) is 6.74. The summed E-state index contributed by atoms with van der Waals surface area (Å²) < 4.78 is 14.2. The summed E-state index contributed by atoms with van der Waals surface area (Å²) in [6, 6.07) is 5.53. The average molecular weight is 451 g/mol. The first-order chi connectivity index (χ1) is 13.5. The van der Waals surface area contributed by atoms with Crippen molar-refractivity contribution in [3.05, 3.63) is 49.1 Å². The van der Waals surface area contributed by atoms with Crippen molar-refractivity contribution in [2.24, 2.45) is 12.1 Å². The molecule has 2 N–H and O–H groups in total. The monoisotopic (exact) mass is 450 g/mol. The Bertz CT molecular complexity index is 1150. The number of rotatable bonds is 7. The molecule has 0 fully saturated rings. The number of H-pyrrole nitrogens is 1. The van der Waals surface area contributed by atoms with Gasteiger partial charge in [-0.1, -0.05) is 15.9 Å². The van der Waals surface area contributed by atoms with E-state index in [1.54, 1.807) is 25.0 Å². The summed E-state index contributed by atoms with van der Waals surface area (Å²) in [5, 5.41) is 4.21. The molecule has 11 heteroatoms. The molecule has 0 aliphatic heterocycles. The molecule has 0 radical (unpaired) electrons. The lowest BCUT2D eigenvalue weighted by molar-refractivity contribution is 0.188. The van der Waals surface area contributed by atoms with Crippen LogP contribution in [0.15, 0.2) is 37.4 Å². The number of hydrogen-bond acceptors (Lipinski definition) is 7. The second kappa shape index (κ2) is 8.40. The highest BCUT2D eigenvalue weighted by Gasteiger charge is 2.16. The van der Waals surface area contributed by atoms with Crippen molar-refractivity contribution in [2.75, 3.05) is 26.3 Å². The number of aromatic amines is 1. The molecule has 28 heavy (non-hydrogen) atoms. The van der Waals surface area contributed by atoms with Gasteiger partial charge in [0.15, 0.2) is 11.2 Å². The lowest BCUT2D eigenvalue weighted by atomic mass is 10.2. The van der Waals surface area contributed by atoms with Gasteiger partial charge in [-0.05, 0) is 18.2 Å². The van der Waals surface area contributed by atoms with Gasteiger partial charge in [0.25, 0.3) is 5.56 Å². The highest BCUT2D eigenvalue weighted by Crippen LogP contribution is 2.21. The Kier molecular flexibility index (Phi) is 5.95. The van der Waals surface area contributed by atoms with Gasteiger partial charge in [0.05, 0.1) is 19.9 Å². The van der Waals surface area contributed by atoms with Crippen LogP contribution >= 0.6 is 15.9 Å². The minimum atomic E-state index is -0.539. The van der Waals surface area contributed by atoms with Gasteiger partial charge in [-0.15, -0.1) is 0 Å². The molecule has 0 spiro atoms. The molecular formula is C17H19BrN6O4. The number of aryl methyl sites for hydroxylation is 1. The topological polar surface area (TPSA) is 116 Å². The van der Waals surface area contributed by atoms with Crippen LogP contribution in [0, 0.1) is 0 Å². The van der Waals surface area contributed by atoms with Crippen LogP contribution in [0.2, 0.25) is 0 Å². The summed E-state index contributed by atoms with van der Waals surface area (Å²) in [6.45, 7) is 0.706. The Morgan fingerprint density at radius 3 is 2.86 bits per heavy atom. The van der Waals surface area contributed by atoms with Crippen LogP contribution in [-0.2, 0) is 18.3 Å². The fraction of sp³-hybridized carbons (Fsp3) is 0.294. The van der Waals surface area contributed by atoms with Crippen molar-refractivity contribution >= 4 is 39.3 Å². The Hall–Kier alpha value is -2.92. The minimum absolute atomic E-state index is 0.252. The van der Waals surface area contributed by atoms with E-state index in [0.29, 0.717) is 24.8 Å². The lowest BCUT2D eigenvalue weighted by Crippen LogP contribution is -2.29. The molecule has 3 rings (SSSR count). The first-order valence-electron chi connectivity index (χ1n) is 8.27. The van der Waals surface area contributed by atoms with Gasteiger partial charge in [-0.3, -0.25) is 14.3 Å². The predicted octanol–water partition coefficient (Wildman–Crippen LogP) is 1.29. The van der Waals surface area contributed by atoms with Crippen LogP contribution < -0.4 is 21.4 Å². The second-order valence-electron chi connectivity index (χ2n) is 5.83. The molecule has 0 aliphatic rings. The number of nitrogens with zero attached hydrogens (tertiary/aromatic N) is 4. The maximum absolute atomic E-state index is 12.3. The molecule has 2 heterocycles. The van der Waals surface area contributed by atoms with Gasteiger partial charge in [0.2, 0.25) is 5.95 Å². The van der Waals surface area contributed by atoms with E-state index in [2.05, 4.69) is 36.4 Å². The SMILES string of the molecule is COCCn1c(N/N=C/c2cc(Br)ccc2OC)nc2c1c(=O)[nH]c(=O)n2C. The number of fused-ring (bicyclic) bond motifs is 1. The summed E-state index contributed by atoms with van der Waals surface area (Å²) in [7, 11) is 4.67. The Morgan fingerprint density at radius 2 is 2.14 bits per heavy atom. The zero-order valence-corrected chi connectivity index (χ0v) is 17.1. The van der Waals surface area contributed by atoms with E-state index in [9.17, 15) is 9.59 Å². The summed E-state index contributed by atoms with van der Waals surface area (Å²) in [5.74, 6) is 0.962. The molecule has 10 nitrogen and oxygen atoms in total. The van der Waals surface area contributed by atoms with Crippen LogP contribution in [0.4, 0.5) is 5.95 Å². The number of hydrogen-bond donors (Lipinski definition) is 2. The maximum atomic E-state index is 12.3. The summed E-state index contributed by atoms with van der Waals surface area (Å²) in [4.78, 5) is 30.8. The number of benzene rings is 1. The van der Waals surface area contributed by atoms with Crippen LogP contribution in [0.25, 0.3) is 11.2 Å². The normalized spacial score (nSPS) is 11.4. The number of aromatic nitrogens is 4. The Labute approximate surface area is 167 Å². The Morgan fingerprint density at radius 1 is 1.36 bits per heavy atom. The fourth-order valence-corrected chi connectivity index (χ4v) is 3.06. The molecule has 0 saturated carbocycles. The van der Waals surface area contributed by atoms with Crippen molar-refractivity contribution in [1.29, 1.82) is 0 Å². The molecule has 0 saturated heterocycles. The molecule has 1 aromatic carbocycles. The van der Waals surface area contributed by atoms with Gasteiger partial charge in [-0.2, -0.15) is 10.1 Å². The van der Waals surface area contributed by atoms with Crippen molar-refractivity contribution in [2.45, 2.75) is 6.54 Å². The van der Waals surface area contributed by atoms with E-state index in [1.807, 2.05) is 18.2 Å².